The molecule has 16 heavy (non-hydrogen) atoms. The van der Waals surface area contributed by atoms with Crippen molar-refractivity contribution < 1.29 is 5.11 Å². The quantitative estimate of drug-likeness (QED) is 0.829. The summed E-state index contributed by atoms with van der Waals surface area (Å²) in [6.07, 6.45) is 10.7. The van der Waals surface area contributed by atoms with E-state index in [1.807, 2.05) is 0 Å². The Morgan fingerprint density at radius 3 is 2.00 bits per heavy atom. The van der Waals surface area contributed by atoms with Gasteiger partial charge in [0.05, 0.1) is 0 Å². The molecule has 0 unspecified atom stereocenters. The lowest BCUT2D eigenvalue weighted by Gasteiger charge is -2.41. The van der Waals surface area contributed by atoms with E-state index in [0.717, 1.165) is 6.54 Å². The molecule has 1 saturated carbocycles. The second-order valence-corrected chi connectivity index (χ2v) is 5.56. The summed E-state index contributed by atoms with van der Waals surface area (Å²) in [5.74, 6) is 0. The third kappa shape index (κ3) is 3.61. The molecule has 0 aromatic carbocycles. The molecule has 0 bridgehead atoms. The lowest BCUT2D eigenvalue weighted by atomic mass is 9.74. The molecule has 2 rings (SSSR count). The van der Waals surface area contributed by atoms with Crippen LogP contribution < -0.4 is 0 Å². The highest BCUT2D eigenvalue weighted by Crippen LogP contribution is 2.37. The average molecular weight is 248 g/mol. The van der Waals surface area contributed by atoms with E-state index in [-0.39, 0.29) is 17.8 Å². The number of nitrogens with zero attached hydrogens (tertiary/aromatic N) is 1. The maximum absolute atomic E-state index is 9.65. The van der Waals surface area contributed by atoms with Gasteiger partial charge in [0.15, 0.2) is 0 Å². The molecule has 0 aromatic heterocycles. The SMILES string of the molecule is Cl.OCC1(CN2CCCCC2)CCCCC1. The molecule has 1 N–H and O–H groups in total. The van der Waals surface area contributed by atoms with Gasteiger partial charge in [-0.3, -0.25) is 0 Å². The highest BCUT2D eigenvalue weighted by molar-refractivity contribution is 5.85. The minimum atomic E-state index is 0. The standard InChI is InChI=1S/C13H25NO.ClH/c15-12-13(7-3-1-4-8-13)11-14-9-5-2-6-10-14;/h15H,1-12H2;1H. The van der Waals surface area contributed by atoms with E-state index < -0.39 is 0 Å². The number of likely N-dealkylation sites (tertiary alicyclic amines) is 1. The van der Waals surface area contributed by atoms with Crippen LogP contribution in [0.15, 0.2) is 0 Å². The number of halogens is 1. The molecule has 0 atom stereocenters. The van der Waals surface area contributed by atoms with Crippen molar-refractivity contribution in [2.24, 2.45) is 5.41 Å². The van der Waals surface area contributed by atoms with Gasteiger partial charge in [0.1, 0.15) is 0 Å². The molecule has 0 aromatic rings. The first kappa shape index (κ1) is 14.3. The first-order valence-corrected chi connectivity index (χ1v) is 6.68. The van der Waals surface area contributed by atoms with Crippen LogP contribution in [-0.2, 0) is 0 Å². The maximum atomic E-state index is 9.65. The lowest BCUT2D eigenvalue weighted by molar-refractivity contribution is 0.0343. The minimum Gasteiger partial charge on any atom is -0.396 e. The van der Waals surface area contributed by atoms with Gasteiger partial charge in [-0.15, -0.1) is 12.4 Å². The molecule has 0 radical (unpaired) electrons. The van der Waals surface area contributed by atoms with Crippen LogP contribution in [-0.4, -0.2) is 36.2 Å². The average Bonchev–Trinajstić information content (AvgIpc) is 2.32. The second-order valence-electron chi connectivity index (χ2n) is 5.56. The summed E-state index contributed by atoms with van der Waals surface area (Å²) in [5.41, 5.74) is 0.260. The molecule has 2 nitrogen and oxygen atoms in total. The van der Waals surface area contributed by atoms with E-state index >= 15 is 0 Å². The van der Waals surface area contributed by atoms with Gasteiger partial charge in [0.25, 0.3) is 0 Å². The molecule has 0 amide bonds. The molecular weight excluding hydrogens is 222 g/mol. The fraction of sp³-hybridized carbons (Fsp3) is 1.00. The zero-order valence-corrected chi connectivity index (χ0v) is 11.1. The van der Waals surface area contributed by atoms with Crippen LogP contribution in [0.3, 0.4) is 0 Å². The first-order chi connectivity index (χ1) is 7.35. The van der Waals surface area contributed by atoms with Crippen LogP contribution in [0.25, 0.3) is 0 Å². The molecule has 2 fully saturated rings. The van der Waals surface area contributed by atoms with Gasteiger partial charge in [0.2, 0.25) is 0 Å². The number of aliphatic hydroxyl groups excluding tert-OH is 1. The summed E-state index contributed by atoms with van der Waals surface area (Å²) in [6.45, 7) is 4.09. The smallest absolute Gasteiger partial charge is 0.0499 e. The Bertz CT molecular complexity index is 186. The highest BCUT2D eigenvalue weighted by Gasteiger charge is 2.33. The molecule has 1 aliphatic heterocycles. The van der Waals surface area contributed by atoms with E-state index in [4.69, 9.17) is 0 Å². The zero-order chi connectivity index (χ0) is 10.6. The Morgan fingerprint density at radius 1 is 0.875 bits per heavy atom. The van der Waals surface area contributed by atoms with Gasteiger partial charge in [-0.2, -0.15) is 0 Å². The van der Waals surface area contributed by atoms with E-state index in [0.29, 0.717) is 6.61 Å². The van der Waals surface area contributed by atoms with Crippen molar-refractivity contribution in [3.8, 4) is 0 Å². The molecule has 3 heteroatoms. The molecule has 2 aliphatic rings. The van der Waals surface area contributed by atoms with Gasteiger partial charge in [-0.1, -0.05) is 25.7 Å². The fourth-order valence-electron chi connectivity index (χ4n) is 3.26. The van der Waals surface area contributed by atoms with Crippen molar-refractivity contribution in [2.75, 3.05) is 26.2 Å². The third-order valence-corrected chi connectivity index (χ3v) is 4.26. The molecular formula is C13H26ClNO. The Hall–Kier alpha value is 0.210. The van der Waals surface area contributed by atoms with Crippen molar-refractivity contribution in [1.29, 1.82) is 0 Å². The number of hydrogen-bond donors (Lipinski definition) is 1. The summed E-state index contributed by atoms with van der Waals surface area (Å²) in [5, 5.41) is 9.65. The van der Waals surface area contributed by atoms with Crippen LogP contribution in [0.4, 0.5) is 0 Å². The highest BCUT2D eigenvalue weighted by atomic mass is 35.5. The number of rotatable bonds is 3. The van der Waals surface area contributed by atoms with Crippen LogP contribution in [0.2, 0.25) is 0 Å². The number of hydrogen-bond acceptors (Lipinski definition) is 2. The summed E-state index contributed by atoms with van der Waals surface area (Å²) >= 11 is 0. The van der Waals surface area contributed by atoms with Gasteiger partial charge >= 0.3 is 0 Å². The number of piperidine rings is 1. The van der Waals surface area contributed by atoms with Gasteiger partial charge in [-0.25, -0.2) is 0 Å². The summed E-state index contributed by atoms with van der Waals surface area (Å²) in [6, 6.07) is 0. The number of aliphatic hydroxyl groups is 1. The Morgan fingerprint density at radius 2 is 1.44 bits per heavy atom. The van der Waals surface area contributed by atoms with Crippen molar-refractivity contribution in [2.45, 2.75) is 51.4 Å². The van der Waals surface area contributed by atoms with Gasteiger partial charge in [0, 0.05) is 18.6 Å². The monoisotopic (exact) mass is 247 g/mol. The molecule has 1 aliphatic carbocycles. The molecule has 1 heterocycles. The van der Waals surface area contributed by atoms with E-state index in [1.54, 1.807) is 0 Å². The van der Waals surface area contributed by atoms with Crippen LogP contribution >= 0.6 is 12.4 Å². The third-order valence-electron chi connectivity index (χ3n) is 4.26. The molecule has 1 saturated heterocycles. The Kier molecular flexibility index (Phi) is 6.09. The van der Waals surface area contributed by atoms with Crippen molar-refractivity contribution in [3.05, 3.63) is 0 Å². The van der Waals surface area contributed by atoms with Gasteiger partial charge < -0.3 is 10.0 Å². The molecule has 0 spiro atoms. The molecule has 96 valence electrons. The summed E-state index contributed by atoms with van der Waals surface area (Å²) < 4.78 is 0. The predicted molar refractivity (Wildman–Crippen MR) is 70.1 cm³/mol. The summed E-state index contributed by atoms with van der Waals surface area (Å²) in [4.78, 5) is 2.59. The van der Waals surface area contributed by atoms with Gasteiger partial charge in [-0.05, 0) is 38.8 Å². The Balaban J connectivity index is 0.00000128. The van der Waals surface area contributed by atoms with Crippen molar-refractivity contribution >= 4 is 12.4 Å². The first-order valence-electron chi connectivity index (χ1n) is 6.68. The van der Waals surface area contributed by atoms with E-state index in [1.165, 1.54) is 64.5 Å². The van der Waals surface area contributed by atoms with Crippen molar-refractivity contribution in [1.82, 2.24) is 4.90 Å². The van der Waals surface area contributed by atoms with Crippen LogP contribution in [0.1, 0.15) is 51.4 Å². The zero-order valence-electron chi connectivity index (χ0n) is 10.3. The largest absolute Gasteiger partial charge is 0.396 e. The van der Waals surface area contributed by atoms with E-state index in [9.17, 15) is 5.11 Å². The van der Waals surface area contributed by atoms with Crippen molar-refractivity contribution in [3.63, 3.8) is 0 Å². The summed E-state index contributed by atoms with van der Waals surface area (Å²) in [7, 11) is 0. The Labute approximate surface area is 106 Å². The fourth-order valence-corrected chi connectivity index (χ4v) is 3.26. The maximum Gasteiger partial charge on any atom is 0.0499 e. The van der Waals surface area contributed by atoms with E-state index in [2.05, 4.69) is 4.90 Å². The van der Waals surface area contributed by atoms with Crippen LogP contribution in [0.5, 0.6) is 0 Å². The predicted octanol–water partition coefficient (Wildman–Crippen LogP) is 2.84. The minimum absolute atomic E-state index is 0. The lowest BCUT2D eigenvalue weighted by Crippen LogP contribution is -2.43. The second kappa shape index (κ2) is 6.83. The normalized spacial score (nSPS) is 26.1. The van der Waals surface area contributed by atoms with Crippen LogP contribution in [0, 0.1) is 5.41 Å². The topological polar surface area (TPSA) is 23.5 Å².